The molecule has 2 aliphatic rings. The summed E-state index contributed by atoms with van der Waals surface area (Å²) in [6.45, 7) is 5.16. The van der Waals surface area contributed by atoms with Crippen molar-refractivity contribution in [1.82, 2.24) is 20.4 Å². The van der Waals surface area contributed by atoms with Crippen LogP contribution < -0.4 is 10.6 Å². The van der Waals surface area contributed by atoms with E-state index in [0.717, 1.165) is 32.5 Å². The van der Waals surface area contributed by atoms with Gasteiger partial charge in [0.15, 0.2) is 0 Å². The lowest BCUT2D eigenvalue weighted by Gasteiger charge is -2.30. The zero-order valence-electron chi connectivity index (χ0n) is 11.1. The summed E-state index contributed by atoms with van der Waals surface area (Å²) < 4.78 is 5.40. The Morgan fingerprint density at radius 2 is 2.37 bits per heavy atom. The third-order valence-electron chi connectivity index (χ3n) is 3.43. The molecule has 1 aromatic heterocycles. The van der Waals surface area contributed by atoms with E-state index in [1.165, 1.54) is 0 Å². The number of piperazine rings is 1. The summed E-state index contributed by atoms with van der Waals surface area (Å²) in [7, 11) is 0. The van der Waals surface area contributed by atoms with Gasteiger partial charge in [0.25, 0.3) is 0 Å². The molecule has 3 rings (SSSR count). The van der Waals surface area contributed by atoms with E-state index in [0.29, 0.717) is 24.4 Å². The summed E-state index contributed by atoms with van der Waals surface area (Å²) >= 11 is 0. The van der Waals surface area contributed by atoms with Crippen LogP contribution in [0.5, 0.6) is 0 Å². The zero-order valence-corrected chi connectivity index (χ0v) is 11.1. The Labute approximate surface area is 111 Å². The van der Waals surface area contributed by atoms with Gasteiger partial charge in [0.05, 0.1) is 6.54 Å². The van der Waals surface area contributed by atoms with Crippen LogP contribution in [0.2, 0.25) is 0 Å². The predicted molar refractivity (Wildman–Crippen MR) is 68.8 cm³/mol. The minimum absolute atomic E-state index is 0.0971. The summed E-state index contributed by atoms with van der Waals surface area (Å²) in [4.78, 5) is 14.0. The molecule has 1 aromatic rings. The molecule has 2 heterocycles. The summed E-state index contributed by atoms with van der Waals surface area (Å²) in [6.07, 6.45) is 2.21. The van der Waals surface area contributed by atoms with Crippen LogP contribution in [-0.4, -0.2) is 53.2 Å². The van der Waals surface area contributed by atoms with Crippen LogP contribution in [0, 0.1) is 0 Å². The minimum Gasteiger partial charge on any atom is -0.408 e. The van der Waals surface area contributed by atoms with Crippen molar-refractivity contribution < 1.29 is 9.21 Å². The summed E-state index contributed by atoms with van der Waals surface area (Å²) in [5.74, 6) is 0.957. The first-order valence-corrected chi connectivity index (χ1v) is 6.79. The number of aromatic nitrogens is 2. The molecule has 1 amide bonds. The fraction of sp³-hybridized carbons (Fsp3) is 0.750. The number of carbonyl (C=O) groups excluding carboxylic acids is 1. The first-order valence-electron chi connectivity index (χ1n) is 6.79. The van der Waals surface area contributed by atoms with Gasteiger partial charge >= 0.3 is 6.01 Å². The van der Waals surface area contributed by atoms with Crippen LogP contribution in [0.4, 0.5) is 6.01 Å². The van der Waals surface area contributed by atoms with Gasteiger partial charge in [-0.2, -0.15) is 0 Å². The first-order chi connectivity index (χ1) is 9.20. The van der Waals surface area contributed by atoms with E-state index in [2.05, 4.69) is 32.7 Å². The van der Waals surface area contributed by atoms with Gasteiger partial charge in [-0.05, 0) is 19.8 Å². The smallest absolute Gasteiger partial charge is 0.322 e. The molecule has 104 valence electrons. The molecule has 1 aliphatic heterocycles. The van der Waals surface area contributed by atoms with Crippen molar-refractivity contribution in [2.45, 2.75) is 31.7 Å². The predicted octanol–water partition coefficient (Wildman–Crippen LogP) is 0.179. The van der Waals surface area contributed by atoms with Gasteiger partial charge in [-0.1, -0.05) is 5.10 Å². The number of hydrogen-bond acceptors (Lipinski definition) is 6. The molecule has 2 fully saturated rings. The molecule has 19 heavy (non-hydrogen) atoms. The van der Waals surface area contributed by atoms with Gasteiger partial charge in [0.1, 0.15) is 0 Å². The molecule has 0 radical (unpaired) electrons. The maximum atomic E-state index is 11.9. The van der Waals surface area contributed by atoms with E-state index >= 15 is 0 Å². The van der Waals surface area contributed by atoms with Crippen LogP contribution in [-0.2, 0) is 4.79 Å². The van der Waals surface area contributed by atoms with Crippen molar-refractivity contribution in [3.63, 3.8) is 0 Å². The fourth-order valence-electron chi connectivity index (χ4n) is 2.30. The molecule has 0 spiro atoms. The molecule has 1 unspecified atom stereocenters. The van der Waals surface area contributed by atoms with Crippen molar-refractivity contribution >= 4 is 11.9 Å². The Morgan fingerprint density at radius 1 is 1.53 bits per heavy atom. The molecule has 1 saturated carbocycles. The van der Waals surface area contributed by atoms with Crippen molar-refractivity contribution in [3.05, 3.63) is 5.89 Å². The molecule has 0 bridgehead atoms. The van der Waals surface area contributed by atoms with Gasteiger partial charge in [0, 0.05) is 31.6 Å². The van der Waals surface area contributed by atoms with Crippen molar-refractivity contribution in [2.75, 3.05) is 31.5 Å². The Balaban J connectivity index is 1.49. The van der Waals surface area contributed by atoms with Gasteiger partial charge in [0.2, 0.25) is 11.8 Å². The molecule has 2 N–H and O–H groups in total. The van der Waals surface area contributed by atoms with Crippen LogP contribution in [0.15, 0.2) is 4.42 Å². The van der Waals surface area contributed by atoms with E-state index < -0.39 is 0 Å². The topological polar surface area (TPSA) is 83.3 Å². The molecule has 1 atom stereocenters. The van der Waals surface area contributed by atoms with Crippen LogP contribution in [0.3, 0.4) is 0 Å². The molecule has 0 aromatic carbocycles. The highest BCUT2D eigenvalue weighted by atomic mass is 16.4. The molecule has 7 heteroatoms. The molecule has 1 aliphatic carbocycles. The van der Waals surface area contributed by atoms with Crippen LogP contribution in [0.25, 0.3) is 0 Å². The van der Waals surface area contributed by atoms with Crippen molar-refractivity contribution in [1.29, 1.82) is 0 Å². The lowest BCUT2D eigenvalue weighted by Crippen LogP contribution is -2.51. The second kappa shape index (κ2) is 5.26. The Bertz CT molecular complexity index is 457. The second-order valence-electron chi connectivity index (χ2n) is 5.36. The molecular weight excluding hydrogens is 246 g/mol. The zero-order chi connectivity index (χ0) is 13.2. The van der Waals surface area contributed by atoms with E-state index in [4.69, 9.17) is 4.42 Å². The lowest BCUT2D eigenvalue weighted by atomic mass is 10.2. The monoisotopic (exact) mass is 265 g/mol. The first kappa shape index (κ1) is 12.6. The average molecular weight is 265 g/mol. The fourth-order valence-corrected chi connectivity index (χ4v) is 2.30. The van der Waals surface area contributed by atoms with Crippen molar-refractivity contribution in [3.8, 4) is 0 Å². The minimum atomic E-state index is -0.0971. The number of amides is 1. The molecular formula is C12H19N5O2. The highest BCUT2D eigenvalue weighted by Crippen LogP contribution is 2.39. The largest absolute Gasteiger partial charge is 0.408 e. The van der Waals surface area contributed by atoms with Gasteiger partial charge in [-0.15, -0.1) is 5.10 Å². The Kier molecular flexibility index (Phi) is 3.48. The number of anilines is 1. The average Bonchev–Trinajstić information content (AvgIpc) is 3.11. The molecule has 7 nitrogen and oxygen atoms in total. The molecule has 1 saturated heterocycles. The van der Waals surface area contributed by atoms with Crippen LogP contribution >= 0.6 is 0 Å². The van der Waals surface area contributed by atoms with Gasteiger partial charge < -0.3 is 9.73 Å². The Morgan fingerprint density at radius 3 is 3.11 bits per heavy atom. The maximum Gasteiger partial charge on any atom is 0.322 e. The van der Waals surface area contributed by atoms with Gasteiger partial charge in [-0.25, -0.2) is 0 Å². The SMILES string of the molecule is CC1CN(CC(=O)Nc2nnc(C3CC3)o2)CCN1. The highest BCUT2D eigenvalue weighted by Gasteiger charge is 2.29. The summed E-state index contributed by atoms with van der Waals surface area (Å²) in [5.41, 5.74) is 0. The quantitative estimate of drug-likeness (QED) is 0.808. The number of nitrogens with zero attached hydrogens (tertiary/aromatic N) is 3. The standard InChI is InChI=1S/C12H19N5O2/c1-8-6-17(5-4-13-8)7-10(18)14-12-16-15-11(19-12)9-2-3-9/h8-9,13H,2-7H2,1H3,(H,14,16,18). The van der Waals surface area contributed by atoms with Crippen molar-refractivity contribution in [2.24, 2.45) is 0 Å². The van der Waals surface area contributed by atoms with E-state index in [1.807, 2.05) is 0 Å². The normalized spacial score (nSPS) is 24.4. The van der Waals surface area contributed by atoms with Gasteiger partial charge in [-0.3, -0.25) is 15.0 Å². The Hall–Kier alpha value is -1.47. The highest BCUT2D eigenvalue weighted by molar-refractivity contribution is 5.90. The maximum absolute atomic E-state index is 11.9. The number of rotatable bonds is 4. The van der Waals surface area contributed by atoms with E-state index in [9.17, 15) is 4.79 Å². The van der Waals surface area contributed by atoms with E-state index in [-0.39, 0.29) is 11.9 Å². The lowest BCUT2D eigenvalue weighted by molar-refractivity contribution is -0.117. The third-order valence-corrected chi connectivity index (χ3v) is 3.43. The number of hydrogen-bond donors (Lipinski definition) is 2. The number of carbonyl (C=O) groups is 1. The number of nitrogens with one attached hydrogen (secondary N) is 2. The van der Waals surface area contributed by atoms with Crippen LogP contribution in [0.1, 0.15) is 31.6 Å². The van der Waals surface area contributed by atoms with E-state index in [1.54, 1.807) is 0 Å². The third kappa shape index (κ3) is 3.30. The summed E-state index contributed by atoms with van der Waals surface area (Å²) in [5, 5.41) is 13.8. The second-order valence-corrected chi connectivity index (χ2v) is 5.36. The summed E-state index contributed by atoms with van der Waals surface area (Å²) in [6, 6.07) is 0.640.